The normalized spacial score (nSPS) is 17.5. The van der Waals surface area contributed by atoms with Crippen molar-refractivity contribution in [3.05, 3.63) is 29.3 Å². The maximum Gasteiger partial charge on any atom is 0.151 e. The fourth-order valence-electron chi connectivity index (χ4n) is 4.29. The highest BCUT2D eigenvalue weighted by Crippen LogP contribution is 2.43. The van der Waals surface area contributed by atoms with Crippen molar-refractivity contribution in [2.45, 2.75) is 81.8 Å². The summed E-state index contributed by atoms with van der Waals surface area (Å²) in [6.45, 7) is -2.54. The van der Waals surface area contributed by atoms with Gasteiger partial charge in [0, 0.05) is 25.3 Å². The van der Waals surface area contributed by atoms with Crippen LogP contribution in [-0.2, 0) is 11.2 Å². The van der Waals surface area contributed by atoms with Crippen molar-refractivity contribution >= 4 is 16.8 Å². The van der Waals surface area contributed by atoms with Crippen LogP contribution in [0.2, 0.25) is 0 Å². The molecule has 1 aromatic heterocycles. The third kappa shape index (κ3) is 4.41. The molecule has 164 valence electrons. The molecule has 2 aliphatic rings. The van der Waals surface area contributed by atoms with Crippen LogP contribution in [0.3, 0.4) is 0 Å². The quantitative estimate of drug-likeness (QED) is 0.512. The smallest absolute Gasteiger partial charge is 0.151 e. The van der Waals surface area contributed by atoms with Crippen LogP contribution in [0, 0.1) is 5.82 Å². The van der Waals surface area contributed by atoms with E-state index in [4.69, 9.17) is 0 Å². The van der Waals surface area contributed by atoms with Crippen molar-refractivity contribution in [1.29, 1.82) is 0 Å². The molecule has 4 rings (SSSR count). The van der Waals surface area contributed by atoms with Gasteiger partial charge in [-0.05, 0) is 68.6 Å². The molecule has 1 N–H and O–H groups in total. The second kappa shape index (κ2) is 8.69. The summed E-state index contributed by atoms with van der Waals surface area (Å²) in [5.41, 5.74) is 0.175. The number of fused-ring (bicyclic) bond motifs is 1. The molecule has 7 heteroatoms. The molecule has 30 heavy (non-hydrogen) atoms. The first-order valence-corrected chi connectivity index (χ1v) is 11.0. The van der Waals surface area contributed by atoms with E-state index in [0.717, 1.165) is 49.0 Å². The van der Waals surface area contributed by atoms with Crippen molar-refractivity contribution in [3.8, 4) is 0 Å². The fourth-order valence-corrected chi connectivity index (χ4v) is 4.29. The van der Waals surface area contributed by atoms with Crippen molar-refractivity contribution < 1.29 is 23.1 Å². The van der Waals surface area contributed by atoms with Gasteiger partial charge in [0.2, 0.25) is 0 Å². The van der Waals surface area contributed by atoms with E-state index >= 15 is 0 Å². The first kappa shape index (κ1) is 21.3. The van der Waals surface area contributed by atoms with Crippen molar-refractivity contribution in [2.24, 2.45) is 0 Å². The van der Waals surface area contributed by atoms with Gasteiger partial charge < -0.3 is 9.67 Å². The number of aliphatic hydroxyl groups is 1. The van der Waals surface area contributed by atoms with Crippen LogP contribution < -0.4 is 0 Å². The van der Waals surface area contributed by atoms with Gasteiger partial charge in [-0.3, -0.25) is 4.79 Å². The number of Topliss-reactive ketones (excluding diaryl/α,β-unsaturated/α-hetero) is 1. The number of aromatic nitrogens is 2. The summed E-state index contributed by atoms with van der Waals surface area (Å²) < 4.78 is 42.3. The van der Waals surface area contributed by atoms with Crippen molar-refractivity contribution in [2.75, 3.05) is 13.3 Å². The van der Waals surface area contributed by atoms with E-state index in [1.54, 1.807) is 6.07 Å². The highest BCUT2D eigenvalue weighted by Gasteiger charge is 2.31. The van der Waals surface area contributed by atoms with Gasteiger partial charge in [-0.15, -0.1) is 0 Å². The zero-order chi connectivity index (χ0) is 21.3. The number of rotatable bonds is 11. The zero-order valence-corrected chi connectivity index (χ0v) is 17.2. The molecule has 1 aromatic carbocycles. The largest absolute Gasteiger partial charge is 0.384 e. The number of carbonyl (C=O) groups is 1. The van der Waals surface area contributed by atoms with Crippen LogP contribution in [0.25, 0.3) is 11.0 Å². The lowest BCUT2D eigenvalue weighted by Gasteiger charge is -2.29. The van der Waals surface area contributed by atoms with E-state index in [-0.39, 0.29) is 18.0 Å². The second-order valence-corrected chi connectivity index (χ2v) is 9.04. The van der Waals surface area contributed by atoms with Gasteiger partial charge in [0.05, 0.1) is 5.52 Å². The first-order chi connectivity index (χ1) is 14.4. The fraction of sp³-hybridized carbons (Fsp3) is 0.652. The number of unbranched alkanes of at least 4 members (excludes halogenated alkanes) is 1. The van der Waals surface area contributed by atoms with Crippen LogP contribution in [0.4, 0.5) is 13.2 Å². The summed E-state index contributed by atoms with van der Waals surface area (Å²) in [6.07, 6.45) is 7.01. The maximum absolute atomic E-state index is 14.7. The third-order valence-electron chi connectivity index (χ3n) is 6.46. The molecule has 2 aliphatic carbocycles. The summed E-state index contributed by atoms with van der Waals surface area (Å²) >= 11 is 0. The Bertz CT molecular complexity index is 915. The number of benzene rings is 1. The van der Waals surface area contributed by atoms with E-state index in [9.17, 15) is 23.1 Å². The Hall–Kier alpha value is -1.89. The molecule has 0 spiro atoms. The minimum atomic E-state index is -2.19. The Labute approximate surface area is 174 Å². The molecule has 2 saturated carbocycles. The van der Waals surface area contributed by atoms with Gasteiger partial charge >= 0.3 is 0 Å². The molecule has 0 saturated heterocycles. The standard InChI is InChI=1S/C23H29F3N2O2/c24-13-23(30,14-25)12-18(29)6-1-2-7-21-27-22-19(26)10-16(15-8-9-15)11-20(22)28(21)17-4-3-5-17/h10-11,15,17,30H,1-9,12-14H2. The molecular weight excluding hydrogens is 393 g/mol. The molecule has 2 aromatic rings. The monoisotopic (exact) mass is 422 g/mol. The number of alkyl halides is 2. The predicted octanol–water partition coefficient (Wildman–Crippen LogP) is 5.12. The van der Waals surface area contributed by atoms with E-state index in [0.29, 0.717) is 36.7 Å². The molecular formula is C23H29F3N2O2. The SMILES string of the molecule is O=C(CCCCc1nc2c(F)cc(C3CC3)cc2n1C1CCC1)CC(O)(CF)CF. The van der Waals surface area contributed by atoms with Gasteiger partial charge in [-0.2, -0.15) is 0 Å². The molecule has 0 atom stereocenters. The van der Waals surface area contributed by atoms with Gasteiger partial charge in [0.15, 0.2) is 5.82 Å². The lowest BCUT2D eigenvalue weighted by Crippen LogP contribution is -2.36. The Balaban J connectivity index is 1.44. The van der Waals surface area contributed by atoms with E-state index in [1.165, 1.54) is 0 Å². The van der Waals surface area contributed by atoms with Crippen LogP contribution in [-0.4, -0.2) is 39.4 Å². The molecule has 4 nitrogen and oxygen atoms in total. The highest BCUT2D eigenvalue weighted by atomic mass is 19.1. The average Bonchev–Trinajstić information content (AvgIpc) is 3.48. The highest BCUT2D eigenvalue weighted by molar-refractivity contribution is 5.79. The van der Waals surface area contributed by atoms with Gasteiger partial charge in [-0.1, -0.05) is 0 Å². The molecule has 0 aliphatic heterocycles. The van der Waals surface area contributed by atoms with E-state index in [2.05, 4.69) is 15.6 Å². The number of halogens is 3. The molecule has 0 bridgehead atoms. The van der Waals surface area contributed by atoms with Gasteiger partial charge in [0.25, 0.3) is 0 Å². The number of hydrogen-bond acceptors (Lipinski definition) is 3. The summed E-state index contributed by atoms with van der Waals surface area (Å²) in [4.78, 5) is 16.5. The van der Waals surface area contributed by atoms with Crippen LogP contribution in [0.15, 0.2) is 12.1 Å². The summed E-state index contributed by atoms with van der Waals surface area (Å²) in [5, 5.41) is 9.62. The summed E-state index contributed by atoms with van der Waals surface area (Å²) in [7, 11) is 0. The van der Waals surface area contributed by atoms with Gasteiger partial charge in [0.1, 0.15) is 36.1 Å². The zero-order valence-electron chi connectivity index (χ0n) is 17.2. The van der Waals surface area contributed by atoms with Crippen molar-refractivity contribution in [1.82, 2.24) is 9.55 Å². The number of imidazole rings is 1. The summed E-state index contributed by atoms with van der Waals surface area (Å²) in [5.74, 6) is 0.703. The van der Waals surface area contributed by atoms with Crippen LogP contribution in [0.5, 0.6) is 0 Å². The summed E-state index contributed by atoms with van der Waals surface area (Å²) in [6, 6.07) is 4.07. The molecule has 0 amide bonds. The number of hydrogen-bond donors (Lipinski definition) is 1. The molecule has 2 fully saturated rings. The maximum atomic E-state index is 14.7. The number of aryl methyl sites for hydroxylation is 1. The first-order valence-electron chi connectivity index (χ1n) is 11.0. The number of ketones is 1. The Morgan fingerprint density at radius 1 is 1.17 bits per heavy atom. The van der Waals surface area contributed by atoms with Crippen molar-refractivity contribution in [3.63, 3.8) is 0 Å². The predicted molar refractivity (Wildman–Crippen MR) is 109 cm³/mol. The minimum absolute atomic E-state index is 0.159. The molecule has 0 unspecified atom stereocenters. The van der Waals surface area contributed by atoms with Crippen LogP contribution in [0.1, 0.15) is 81.1 Å². The topological polar surface area (TPSA) is 55.1 Å². The lowest BCUT2D eigenvalue weighted by molar-refractivity contribution is -0.125. The second-order valence-electron chi connectivity index (χ2n) is 9.04. The average molecular weight is 422 g/mol. The Morgan fingerprint density at radius 2 is 1.90 bits per heavy atom. The Morgan fingerprint density at radius 3 is 2.50 bits per heavy atom. The molecule has 0 radical (unpaired) electrons. The number of nitrogens with zero attached hydrogens (tertiary/aromatic N) is 2. The van der Waals surface area contributed by atoms with Crippen LogP contribution >= 0.6 is 0 Å². The third-order valence-corrected chi connectivity index (χ3v) is 6.46. The van der Waals surface area contributed by atoms with E-state index < -0.39 is 25.4 Å². The lowest BCUT2D eigenvalue weighted by atomic mass is 9.92. The minimum Gasteiger partial charge on any atom is -0.384 e. The van der Waals surface area contributed by atoms with Gasteiger partial charge in [-0.25, -0.2) is 18.2 Å². The Kier molecular flexibility index (Phi) is 6.19. The van der Waals surface area contributed by atoms with E-state index in [1.807, 2.05) is 0 Å². The number of carbonyl (C=O) groups excluding carboxylic acids is 1. The molecule has 1 heterocycles.